The summed E-state index contributed by atoms with van der Waals surface area (Å²) in [6.45, 7) is 0.000182. The van der Waals surface area contributed by atoms with Gasteiger partial charge >= 0.3 is 0 Å². The first-order valence-corrected chi connectivity index (χ1v) is 10.3. The van der Waals surface area contributed by atoms with Gasteiger partial charge in [-0.1, -0.05) is 54.6 Å². The molecule has 0 radical (unpaired) electrons. The first-order valence-electron chi connectivity index (χ1n) is 10.3. The molecule has 4 rings (SSSR count). The molecule has 7 nitrogen and oxygen atoms in total. The van der Waals surface area contributed by atoms with Gasteiger partial charge in [-0.2, -0.15) is 0 Å². The van der Waals surface area contributed by atoms with Crippen LogP contribution in [0.25, 0.3) is 0 Å². The standard InChI is InChI=1S/C24H23N3O4/c28-21(15-27-23(30)17-10-4-5-11-18(17)24(27)31)26-20-13-7-6-12-19(20)22(29)25-14-16-8-2-1-3-9-16/h1-9,12-13,17-18H,10-11,14-15H2,(H,25,29)(H,26,28)/t17-,18-/m1/s1. The molecule has 0 unspecified atom stereocenters. The Morgan fingerprint density at radius 2 is 1.48 bits per heavy atom. The van der Waals surface area contributed by atoms with E-state index in [1.165, 1.54) is 0 Å². The lowest BCUT2D eigenvalue weighted by Gasteiger charge is -2.16. The second-order valence-corrected chi connectivity index (χ2v) is 7.68. The zero-order valence-corrected chi connectivity index (χ0v) is 16.9. The number of fused-ring (bicyclic) bond motifs is 1. The largest absolute Gasteiger partial charge is 0.348 e. The van der Waals surface area contributed by atoms with Crippen molar-refractivity contribution in [3.05, 3.63) is 77.9 Å². The lowest BCUT2D eigenvalue weighted by atomic mass is 9.85. The van der Waals surface area contributed by atoms with Crippen LogP contribution in [0.3, 0.4) is 0 Å². The van der Waals surface area contributed by atoms with Gasteiger partial charge in [0.15, 0.2) is 0 Å². The summed E-state index contributed by atoms with van der Waals surface area (Å²) in [5, 5.41) is 5.51. The van der Waals surface area contributed by atoms with Crippen molar-refractivity contribution < 1.29 is 19.2 Å². The zero-order chi connectivity index (χ0) is 21.8. The van der Waals surface area contributed by atoms with Crippen molar-refractivity contribution in [2.45, 2.75) is 19.4 Å². The van der Waals surface area contributed by atoms with Crippen molar-refractivity contribution in [1.29, 1.82) is 0 Å². The number of para-hydroxylation sites is 1. The lowest BCUT2D eigenvalue weighted by Crippen LogP contribution is -2.38. The summed E-state index contributed by atoms with van der Waals surface area (Å²) in [5.74, 6) is -2.20. The van der Waals surface area contributed by atoms with Gasteiger partial charge in [0.2, 0.25) is 17.7 Å². The Kier molecular flexibility index (Phi) is 5.93. The van der Waals surface area contributed by atoms with Crippen LogP contribution in [0.4, 0.5) is 5.69 Å². The number of imide groups is 1. The molecule has 0 spiro atoms. The molecule has 2 atom stereocenters. The van der Waals surface area contributed by atoms with Crippen molar-refractivity contribution in [3.8, 4) is 0 Å². The predicted molar refractivity (Wildman–Crippen MR) is 115 cm³/mol. The van der Waals surface area contributed by atoms with Crippen molar-refractivity contribution >= 4 is 29.3 Å². The Morgan fingerprint density at radius 1 is 0.871 bits per heavy atom. The first-order chi connectivity index (χ1) is 15.0. The average Bonchev–Trinajstić information content (AvgIpc) is 3.03. The fourth-order valence-corrected chi connectivity index (χ4v) is 4.02. The summed E-state index contributed by atoms with van der Waals surface area (Å²) in [7, 11) is 0. The third kappa shape index (κ3) is 4.40. The molecular weight excluding hydrogens is 394 g/mol. The first kappa shape index (κ1) is 20.5. The van der Waals surface area contributed by atoms with E-state index in [2.05, 4.69) is 10.6 Å². The Morgan fingerprint density at radius 3 is 2.16 bits per heavy atom. The molecule has 1 fully saturated rings. The molecular formula is C24H23N3O4. The van der Waals surface area contributed by atoms with E-state index in [4.69, 9.17) is 0 Å². The maximum Gasteiger partial charge on any atom is 0.253 e. The number of nitrogens with zero attached hydrogens (tertiary/aromatic N) is 1. The molecule has 2 aliphatic rings. The van der Waals surface area contributed by atoms with Gasteiger partial charge in [0.1, 0.15) is 6.54 Å². The third-order valence-corrected chi connectivity index (χ3v) is 5.64. The molecule has 1 heterocycles. The van der Waals surface area contributed by atoms with E-state index in [9.17, 15) is 19.2 Å². The van der Waals surface area contributed by atoms with Gasteiger partial charge in [-0.25, -0.2) is 0 Å². The Hall–Kier alpha value is -3.74. The lowest BCUT2D eigenvalue weighted by molar-refractivity contribution is -0.142. The number of allylic oxidation sites excluding steroid dienone is 2. The third-order valence-electron chi connectivity index (χ3n) is 5.64. The van der Waals surface area contributed by atoms with E-state index < -0.39 is 5.91 Å². The fourth-order valence-electron chi connectivity index (χ4n) is 4.02. The van der Waals surface area contributed by atoms with E-state index in [1.54, 1.807) is 24.3 Å². The van der Waals surface area contributed by atoms with Crippen LogP contribution in [-0.2, 0) is 20.9 Å². The highest BCUT2D eigenvalue weighted by molar-refractivity contribution is 6.10. The van der Waals surface area contributed by atoms with Crippen LogP contribution in [0.1, 0.15) is 28.8 Å². The van der Waals surface area contributed by atoms with Gasteiger partial charge in [0.25, 0.3) is 5.91 Å². The summed E-state index contributed by atoms with van der Waals surface area (Å²) < 4.78 is 0. The van der Waals surface area contributed by atoms with Crippen LogP contribution in [0.15, 0.2) is 66.7 Å². The van der Waals surface area contributed by atoms with Crippen LogP contribution >= 0.6 is 0 Å². The molecule has 2 aromatic carbocycles. The predicted octanol–water partition coefficient (Wildman–Crippen LogP) is 2.51. The van der Waals surface area contributed by atoms with E-state index in [0.29, 0.717) is 30.6 Å². The number of hydrogen-bond donors (Lipinski definition) is 2. The fraction of sp³-hybridized carbons (Fsp3) is 0.250. The number of likely N-dealkylation sites (tertiary alicyclic amines) is 1. The minimum atomic E-state index is -0.517. The minimum Gasteiger partial charge on any atom is -0.348 e. The zero-order valence-electron chi connectivity index (χ0n) is 16.9. The van der Waals surface area contributed by atoms with Crippen molar-refractivity contribution in [2.75, 3.05) is 11.9 Å². The van der Waals surface area contributed by atoms with Gasteiger partial charge in [-0.15, -0.1) is 0 Å². The normalized spacial score (nSPS) is 19.8. The van der Waals surface area contributed by atoms with Crippen LogP contribution < -0.4 is 10.6 Å². The van der Waals surface area contributed by atoms with Crippen molar-refractivity contribution in [1.82, 2.24) is 10.2 Å². The summed E-state index contributed by atoms with van der Waals surface area (Å²) in [5.41, 5.74) is 1.60. The number of carbonyl (C=O) groups excluding carboxylic acids is 4. The number of hydrogen-bond acceptors (Lipinski definition) is 4. The number of nitrogens with one attached hydrogen (secondary N) is 2. The van der Waals surface area contributed by atoms with Gasteiger partial charge in [0, 0.05) is 6.54 Å². The molecule has 1 aliphatic carbocycles. The highest BCUT2D eigenvalue weighted by Gasteiger charge is 2.47. The topological polar surface area (TPSA) is 95.6 Å². The van der Waals surface area contributed by atoms with Gasteiger partial charge in [-0.05, 0) is 30.5 Å². The monoisotopic (exact) mass is 417 g/mol. The quantitative estimate of drug-likeness (QED) is 0.558. The molecule has 158 valence electrons. The van der Waals surface area contributed by atoms with Crippen LogP contribution in [0.2, 0.25) is 0 Å². The van der Waals surface area contributed by atoms with Gasteiger partial charge in [0.05, 0.1) is 23.1 Å². The Labute approximate surface area is 180 Å². The second kappa shape index (κ2) is 8.95. The molecule has 0 bridgehead atoms. The molecule has 2 N–H and O–H groups in total. The van der Waals surface area contributed by atoms with Crippen molar-refractivity contribution in [2.24, 2.45) is 11.8 Å². The second-order valence-electron chi connectivity index (χ2n) is 7.68. The number of anilines is 1. The molecule has 7 heteroatoms. The smallest absolute Gasteiger partial charge is 0.253 e. The molecule has 4 amide bonds. The Bertz CT molecular complexity index is 1020. The molecule has 31 heavy (non-hydrogen) atoms. The molecule has 1 aliphatic heterocycles. The summed E-state index contributed by atoms with van der Waals surface area (Å²) in [4.78, 5) is 51.4. The molecule has 0 aromatic heterocycles. The van der Waals surface area contributed by atoms with Crippen molar-refractivity contribution in [3.63, 3.8) is 0 Å². The Balaban J connectivity index is 1.40. The highest BCUT2D eigenvalue weighted by atomic mass is 16.2. The summed E-state index contributed by atoms with van der Waals surface area (Å²) in [6.07, 6.45) is 4.86. The maximum atomic E-state index is 12.7. The molecule has 1 saturated heterocycles. The van der Waals surface area contributed by atoms with E-state index in [0.717, 1.165) is 10.5 Å². The van der Waals surface area contributed by atoms with Crippen LogP contribution in [0.5, 0.6) is 0 Å². The van der Waals surface area contributed by atoms with Gasteiger partial charge in [-0.3, -0.25) is 24.1 Å². The summed E-state index contributed by atoms with van der Waals surface area (Å²) in [6, 6.07) is 16.1. The number of amides is 4. The number of benzene rings is 2. The molecule has 0 saturated carbocycles. The number of rotatable bonds is 6. The SMILES string of the molecule is O=C(CN1C(=O)[C@@H]2CC=CC[C@H]2C1=O)Nc1ccccc1C(=O)NCc1ccccc1. The van der Waals surface area contributed by atoms with E-state index >= 15 is 0 Å². The van der Waals surface area contributed by atoms with Crippen LogP contribution in [0, 0.1) is 11.8 Å². The minimum absolute atomic E-state index is 0.302. The van der Waals surface area contributed by atoms with Gasteiger partial charge < -0.3 is 10.6 Å². The van der Waals surface area contributed by atoms with E-state index in [1.807, 2.05) is 42.5 Å². The van der Waals surface area contributed by atoms with E-state index in [-0.39, 0.29) is 36.1 Å². The summed E-state index contributed by atoms with van der Waals surface area (Å²) >= 11 is 0. The molecule has 2 aromatic rings. The van der Waals surface area contributed by atoms with Crippen LogP contribution in [-0.4, -0.2) is 35.1 Å². The highest BCUT2D eigenvalue weighted by Crippen LogP contribution is 2.34. The number of carbonyl (C=O) groups is 4. The average molecular weight is 417 g/mol. The maximum absolute atomic E-state index is 12.7.